The topological polar surface area (TPSA) is 47.4 Å². The molecule has 1 aliphatic rings. The normalized spacial score (nSPS) is 15.7. The standard InChI is InChI=1S/C23H27N3O2/c1-18(7-5-10-19-8-3-2-4-9-19)26-17-20(22-21(26)11-6-12-24-22)23(27)25-13-15-28-16-14-25/h2-4,6,8-9,11-12,17-18H,5,7,10,13-16H2,1H3. The van der Waals surface area contributed by atoms with E-state index in [0.717, 1.165) is 30.3 Å². The van der Waals surface area contributed by atoms with E-state index in [0.29, 0.717) is 37.9 Å². The molecule has 1 atom stereocenters. The molecule has 1 amide bonds. The molecule has 1 saturated heterocycles. The second kappa shape index (κ2) is 8.57. The fourth-order valence-corrected chi connectivity index (χ4v) is 3.93. The molecular formula is C23H27N3O2. The zero-order chi connectivity index (χ0) is 19.3. The number of aromatic nitrogens is 2. The molecule has 146 valence electrons. The van der Waals surface area contributed by atoms with E-state index in [2.05, 4.69) is 52.9 Å². The molecule has 0 N–H and O–H groups in total. The highest BCUT2D eigenvalue weighted by Crippen LogP contribution is 2.27. The quantitative estimate of drug-likeness (QED) is 0.650. The summed E-state index contributed by atoms with van der Waals surface area (Å²) in [4.78, 5) is 19.5. The predicted octanol–water partition coefficient (Wildman–Crippen LogP) is 4.09. The van der Waals surface area contributed by atoms with Crippen LogP contribution in [0.2, 0.25) is 0 Å². The van der Waals surface area contributed by atoms with E-state index in [1.54, 1.807) is 6.20 Å². The molecule has 3 heterocycles. The lowest BCUT2D eigenvalue weighted by molar-refractivity contribution is 0.0304. The van der Waals surface area contributed by atoms with Crippen molar-refractivity contribution in [3.8, 4) is 0 Å². The van der Waals surface area contributed by atoms with Crippen molar-refractivity contribution in [2.45, 2.75) is 32.2 Å². The summed E-state index contributed by atoms with van der Waals surface area (Å²) < 4.78 is 7.61. The van der Waals surface area contributed by atoms with Crippen LogP contribution in [0.15, 0.2) is 54.9 Å². The smallest absolute Gasteiger partial charge is 0.257 e. The van der Waals surface area contributed by atoms with Gasteiger partial charge in [-0.1, -0.05) is 30.3 Å². The molecule has 28 heavy (non-hydrogen) atoms. The summed E-state index contributed by atoms with van der Waals surface area (Å²) in [5, 5.41) is 0. The highest BCUT2D eigenvalue weighted by Gasteiger charge is 2.24. The minimum absolute atomic E-state index is 0.0576. The van der Waals surface area contributed by atoms with E-state index in [-0.39, 0.29) is 5.91 Å². The van der Waals surface area contributed by atoms with Crippen LogP contribution < -0.4 is 0 Å². The first-order valence-corrected chi connectivity index (χ1v) is 10.1. The highest BCUT2D eigenvalue weighted by atomic mass is 16.5. The van der Waals surface area contributed by atoms with Crippen molar-refractivity contribution < 1.29 is 9.53 Å². The van der Waals surface area contributed by atoms with Crippen LogP contribution in [0.5, 0.6) is 0 Å². The van der Waals surface area contributed by atoms with Gasteiger partial charge in [-0.05, 0) is 43.9 Å². The lowest BCUT2D eigenvalue weighted by Crippen LogP contribution is -2.40. The molecule has 0 spiro atoms. The van der Waals surface area contributed by atoms with E-state index in [1.165, 1.54) is 5.56 Å². The Labute approximate surface area is 165 Å². The van der Waals surface area contributed by atoms with Crippen LogP contribution >= 0.6 is 0 Å². The van der Waals surface area contributed by atoms with Crippen molar-refractivity contribution in [2.24, 2.45) is 0 Å². The maximum Gasteiger partial charge on any atom is 0.257 e. The van der Waals surface area contributed by atoms with Gasteiger partial charge in [-0.2, -0.15) is 0 Å². The lowest BCUT2D eigenvalue weighted by Gasteiger charge is -2.26. The zero-order valence-electron chi connectivity index (χ0n) is 16.4. The number of rotatable bonds is 6. The third-order valence-corrected chi connectivity index (χ3v) is 5.52. The molecule has 1 aromatic carbocycles. The fraction of sp³-hybridized carbons (Fsp3) is 0.391. The Hall–Kier alpha value is -2.66. The average Bonchev–Trinajstić information content (AvgIpc) is 3.14. The third kappa shape index (κ3) is 3.94. The van der Waals surface area contributed by atoms with Gasteiger partial charge in [-0.25, -0.2) is 0 Å². The average molecular weight is 377 g/mol. The van der Waals surface area contributed by atoms with Crippen molar-refractivity contribution in [1.82, 2.24) is 14.5 Å². The van der Waals surface area contributed by atoms with Crippen LogP contribution in [-0.4, -0.2) is 46.7 Å². The van der Waals surface area contributed by atoms with Crippen molar-refractivity contribution in [2.75, 3.05) is 26.3 Å². The zero-order valence-corrected chi connectivity index (χ0v) is 16.4. The van der Waals surface area contributed by atoms with Gasteiger partial charge in [0.1, 0.15) is 5.52 Å². The first-order chi connectivity index (χ1) is 13.7. The monoisotopic (exact) mass is 377 g/mol. The van der Waals surface area contributed by atoms with Crippen molar-refractivity contribution in [3.05, 3.63) is 66.0 Å². The number of fused-ring (bicyclic) bond motifs is 1. The summed E-state index contributed by atoms with van der Waals surface area (Å²) in [5.74, 6) is 0.0576. The molecule has 0 radical (unpaired) electrons. The van der Waals surface area contributed by atoms with Crippen LogP contribution in [0.4, 0.5) is 0 Å². The van der Waals surface area contributed by atoms with E-state index >= 15 is 0 Å². The Morgan fingerprint density at radius 3 is 2.71 bits per heavy atom. The Balaban J connectivity index is 1.52. The molecule has 4 rings (SSSR count). The summed E-state index contributed by atoms with van der Waals surface area (Å²) in [6.07, 6.45) is 7.00. The third-order valence-electron chi connectivity index (χ3n) is 5.52. The number of nitrogens with zero attached hydrogens (tertiary/aromatic N) is 3. The lowest BCUT2D eigenvalue weighted by atomic mass is 10.1. The van der Waals surface area contributed by atoms with E-state index in [9.17, 15) is 4.79 Å². The van der Waals surface area contributed by atoms with Gasteiger partial charge in [0.2, 0.25) is 0 Å². The maximum absolute atomic E-state index is 13.1. The maximum atomic E-state index is 13.1. The molecule has 1 unspecified atom stereocenters. The summed E-state index contributed by atoms with van der Waals surface area (Å²) in [6, 6.07) is 14.9. The Morgan fingerprint density at radius 2 is 1.93 bits per heavy atom. The second-order valence-corrected chi connectivity index (χ2v) is 7.45. The summed E-state index contributed by atoms with van der Waals surface area (Å²) >= 11 is 0. The number of morpholine rings is 1. The molecule has 1 fully saturated rings. The SMILES string of the molecule is CC(CCCc1ccccc1)n1cc(C(=O)N2CCOCC2)c2ncccc21. The van der Waals surface area contributed by atoms with E-state index < -0.39 is 0 Å². The Kier molecular flexibility index (Phi) is 5.72. The van der Waals surface area contributed by atoms with Crippen LogP contribution in [0, 0.1) is 0 Å². The molecule has 0 aliphatic carbocycles. The molecule has 1 aliphatic heterocycles. The van der Waals surface area contributed by atoms with Gasteiger partial charge in [-0.3, -0.25) is 9.78 Å². The Bertz CT molecular complexity index is 929. The van der Waals surface area contributed by atoms with Crippen LogP contribution in [0.3, 0.4) is 0 Å². The summed E-state index contributed by atoms with van der Waals surface area (Å²) in [6.45, 7) is 4.72. The van der Waals surface area contributed by atoms with Gasteiger partial charge >= 0.3 is 0 Å². The van der Waals surface area contributed by atoms with Gasteiger partial charge in [0.05, 0.1) is 24.3 Å². The van der Waals surface area contributed by atoms with Gasteiger partial charge in [-0.15, -0.1) is 0 Å². The van der Waals surface area contributed by atoms with Crippen molar-refractivity contribution in [1.29, 1.82) is 0 Å². The number of hydrogen-bond donors (Lipinski definition) is 0. The number of carbonyl (C=O) groups excluding carboxylic acids is 1. The van der Waals surface area contributed by atoms with Gasteiger partial charge in [0, 0.05) is 31.5 Å². The molecule has 5 heteroatoms. The Morgan fingerprint density at radius 1 is 1.14 bits per heavy atom. The minimum atomic E-state index is 0.0576. The number of aryl methyl sites for hydroxylation is 1. The van der Waals surface area contributed by atoms with Gasteiger partial charge in [0.15, 0.2) is 0 Å². The predicted molar refractivity (Wildman–Crippen MR) is 111 cm³/mol. The molecule has 2 aromatic heterocycles. The number of ether oxygens (including phenoxy) is 1. The van der Waals surface area contributed by atoms with Crippen LogP contribution in [0.25, 0.3) is 11.0 Å². The van der Waals surface area contributed by atoms with Gasteiger partial charge in [0.25, 0.3) is 5.91 Å². The molecular weight excluding hydrogens is 350 g/mol. The first-order valence-electron chi connectivity index (χ1n) is 10.1. The number of amides is 1. The highest BCUT2D eigenvalue weighted by molar-refractivity contribution is 6.05. The van der Waals surface area contributed by atoms with Crippen LogP contribution in [0.1, 0.15) is 41.7 Å². The molecule has 0 bridgehead atoms. The minimum Gasteiger partial charge on any atom is -0.378 e. The first kappa shape index (κ1) is 18.7. The number of carbonyl (C=O) groups is 1. The summed E-state index contributed by atoms with van der Waals surface area (Å²) in [7, 11) is 0. The largest absolute Gasteiger partial charge is 0.378 e. The number of benzene rings is 1. The fourth-order valence-electron chi connectivity index (χ4n) is 3.93. The summed E-state index contributed by atoms with van der Waals surface area (Å²) in [5.41, 5.74) is 3.91. The molecule has 0 saturated carbocycles. The number of hydrogen-bond acceptors (Lipinski definition) is 3. The van der Waals surface area contributed by atoms with Crippen molar-refractivity contribution >= 4 is 16.9 Å². The van der Waals surface area contributed by atoms with E-state index in [4.69, 9.17) is 4.74 Å². The molecule has 3 aromatic rings. The second-order valence-electron chi connectivity index (χ2n) is 7.45. The number of pyridine rings is 1. The molecule has 5 nitrogen and oxygen atoms in total. The van der Waals surface area contributed by atoms with E-state index in [1.807, 2.05) is 17.2 Å². The van der Waals surface area contributed by atoms with Crippen molar-refractivity contribution in [3.63, 3.8) is 0 Å². The van der Waals surface area contributed by atoms with Crippen LogP contribution in [-0.2, 0) is 11.2 Å². The van der Waals surface area contributed by atoms with Gasteiger partial charge < -0.3 is 14.2 Å².